The highest BCUT2D eigenvalue weighted by Crippen LogP contribution is 2.29. The van der Waals surface area contributed by atoms with Crippen LogP contribution in [0.3, 0.4) is 0 Å². The average molecular weight is 493 g/mol. The molecule has 0 radical (unpaired) electrons. The summed E-state index contributed by atoms with van der Waals surface area (Å²) in [5.41, 5.74) is 4.14. The van der Waals surface area contributed by atoms with Crippen LogP contribution in [0.25, 0.3) is 22.6 Å². The molecule has 0 fully saturated rings. The van der Waals surface area contributed by atoms with Crippen LogP contribution in [0.4, 0.5) is 5.69 Å². The number of nitrogens with one attached hydrogen (secondary N) is 1. The van der Waals surface area contributed by atoms with Gasteiger partial charge in [0, 0.05) is 15.7 Å². The summed E-state index contributed by atoms with van der Waals surface area (Å²) in [6.45, 7) is 7.55. The number of anilines is 1. The molecule has 0 unspecified atom stereocenters. The zero-order valence-electron chi connectivity index (χ0n) is 18.5. The van der Waals surface area contributed by atoms with E-state index in [-0.39, 0.29) is 5.91 Å². The van der Waals surface area contributed by atoms with Gasteiger partial charge in [0.25, 0.3) is 5.91 Å². The van der Waals surface area contributed by atoms with E-state index in [1.165, 1.54) is 5.56 Å². The van der Waals surface area contributed by atoms with Crippen LogP contribution in [0, 0.1) is 6.92 Å². The Labute approximate surface area is 195 Å². The third-order valence-electron chi connectivity index (χ3n) is 5.33. The Kier molecular flexibility index (Phi) is 6.07. The highest BCUT2D eigenvalue weighted by atomic mass is 79.9. The quantitative estimate of drug-likeness (QED) is 0.317. The minimum absolute atomic E-state index is 0.245. The summed E-state index contributed by atoms with van der Waals surface area (Å²) >= 11 is 3.40. The highest BCUT2D eigenvalue weighted by molar-refractivity contribution is 9.10. The van der Waals surface area contributed by atoms with Crippen molar-refractivity contribution in [2.24, 2.45) is 0 Å². The number of halogens is 1. The first-order valence-electron chi connectivity index (χ1n) is 10.5. The molecule has 0 aliphatic rings. The van der Waals surface area contributed by atoms with Crippen LogP contribution >= 0.6 is 15.9 Å². The number of benzene rings is 3. The zero-order valence-corrected chi connectivity index (χ0v) is 20.1. The molecule has 32 heavy (non-hydrogen) atoms. The van der Waals surface area contributed by atoms with E-state index in [0.29, 0.717) is 17.3 Å². The molecule has 164 valence electrons. The van der Waals surface area contributed by atoms with Gasteiger partial charge in [-0.05, 0) is 86.8 Å². The Morgan fingerprint density at radius 3 is 2.56 bits per heavy atom. The molecule has 4 aromatic rings. The van der Waals surface area contributed by atoms with E-state index in [1.807, 2.05) is 67.6 Å². The Morgan fingerprint density at radius 2 is 1.84 bits per heavy atom. The summed E-state index contributed by atoms with van der Waals surface area (Å²) in [6.07, 6.45) is 0.941. The van der Waals surface area contributed by atoms with Crippen LogP contribution in [0.5, 0.6) is 5.75 Å². The average Bonchev–Trinajstić information content (AvgIpc) is 3.20. The van der Waals surface area contributed by atoms with Crippen LogP contribution in [0.2, 0.25) is 0 Å². The molecule has 0 spiro atoms. The van der Waals surface area contributed by atoms with Crippen molar-refractivity contribution in [3.63, 3.8) is 0 Å². The SMILES string of the molecule is CCc1ccc2oc(-c3ccc(C)c(NC(=O)C(C)(C)Oc4ccc(Br)cc4)c3)nc2c1. The van der Waals surface area contributed by atoms with Gasteiger partial charge in [0.15, 0.2) is 11.2 Å². The molecule has 0 aliphatic carbocycles. The first kappa shape index (κ1) is 22.1. The first-order chi connectivity index (χ1) is 15.2. The molecule has 5 nitrogen and oxygen atoms in total. The van der Waals surface area contributed by atoms with Gasteiger partial charge in [0.05, 0.1) is 0 Å². The lowest BCUT2D eigenvalue weighted by Gasteiger charge is -2.26. The van der Waals surface area contributed by atoms with Gasteiger partial charge in [-0.2, -0.15) is 0 Å². The lowest BCUT2D eigenvalue weighted by molar-refractivity contribution is -0.128. The lowest BCUT2D eigenvalue weighted by atomic mass is 10.1. The molecule has 1 heterocycles. The molecule has 0 saturated heterocycles. The van der Waals surface area contributed by atoms with Gasteiger partial charge in [0.2, 0.25) is 5.89 Å². The normalized spacial score (nSPS) is 11.5. The van der Waals surface area contributed by atoms with Crippen molar-refractivity contribution < 1.29 is 13.9 Å². The number of oxazole rings is 1. The summed E-state index contributed by atoms with van der Waals surface area (Å²) in [5.74, 6) is 0.900. The summed E-state index contributed by atoms with van der Waals surface area (Å²) in [4.78, 5) is 17.7. The van der Waals surface area contributed by atoms with E-state index in [1.54, 1.807) is 13.8 Å². The molecule has 0 aliphatic heterocycles. The summed E-state index contributed by atoms with van der Waals surface area (Å²) in [6, 6.07) is 19.2. The van der Waals surface area contributed by atoms with E-state index >= 15 is 0 Å². The molecule has 0 saturated carbocycles. The van der Waals surface area contributed by atoms with Gasteiger partial charge in [-0.1, -0.05) is 35.0 Å². The molecule has 4 rings (SSSR count). The fourth-order valence-electron chi connectivity index (χ4n) is 3.32. The highest BCUT2D eigenvalue weighted by Gasteiger charge is 2.30. The lowest BCUT2D eigenvalue weighted by Crippen LogP contribution is -2.42. The number of hydrogen-bond acceptors (Lipinski definition) is 4. The number of carbonyl (C=O) groups is 1. The van der Waals surface area contributed by atoms with Crippen molar-refractivity contribution >= 4 is 38.6 Å². The molecule has 0 atom stereocenters. The van der Waals surface area contributed by atoms with Gasteiger partial charge >= 0.3 is 0 Å². The molecule has 1 aromatic heterocycles. The smallest absolute Gasteiger partial charge is 0.267 e. The molecular weight excluding hydrogens is 468 g/mol. The molecule has 1 amide bonds. The zero-order chi connectivity index (χ0) is 22.9. The van der Waals surface area contributed by atoms with E-state index in [2.05, 4.69) is 33.2 Å². The van der Waals surface area contributed by atoms with Crippen LogP contribution in [0.15, 0.2) is 69.6 Å². The van der Waals surface area contributed by atoms with Gasteiger partial charge in [-0.25, -0.2) is 4.98 Å². The fraction of sp³-hybridized carbons (Fsp3) is 0.231. The Balaban J connectivity index is 1.57. The maximum Gasteiger partial charge on any atom is 0.267 e. The van der Waals surface area contributed by atoms with E-state index in [9.17, 15) is 4.79 Å². The topological polar surface area (TPSA) is 64.4 Å². The number of ether oxygens (including phenoxy) is 1. The second-order valence-electron chi connectivity index (χ2n) is 8.22. The molecule has 6 heteroatoms. The van der Waals surface area contributed by atoms with Crippen LogP contribution in [-0.4, -0.2) is 16.5 Å². The van der Waals surface area contributed by atoms with Crippen molar-refractivity contribution in [1.29, 1.82) is 0 Å². The maximum atomic E-state index is 13.0. The fourth-order valence-corrected chi connectivity index (χ4v) is 3.59. The van der Waals surface area contributed by atoms with E-state index < -0.39 is 5.60 Å². The van der Waals surface area contributed by atoms with Gasteiger partial charge < -0.3 is 14.5 Å². The van der Waals surface area contributed by atoms with Crippen LogP contribution in [-0.2, 0) is 11.2 Å². The number of aryl methyl sites for hydroxylation is 2. The minimum Gasteiger partial charge on any atom is -0.478 e. The third kappa shape index (κ3) is 4.70. The van der Waals surface area contributed by atoms with Crippen molar-refractivity contribution in [3.05, 3.63) is 76.3 Å². The minimum atomic E-state index is -1.07. The number of amides is 1. The van der Waals surface area contributed by atoms with Crippen molar-refractivity contribution in [1.82, 2.24) is 4.98 Å². The number of rotatable bonds is 6. The van der Waals surface area contributed by atoms with Crippen LogP contribution in [0.1, 0.15) is 31.9 Å². The van der Waals surface area contributed by atoms with Crippen molar-refractivity contribution in [2.75, 3.05) is 5.32 Å². The number of carbonyl (C=O) groups excluding carboxylic acids is 1. The number of hydrogen-bond donors (Lipinski definition) is 1. The Bertz CT molecular complexity index is 1280. The molecule has 0 bridgehead atoms. The van der Waals surface area contributed by atoms with Gasteiger partial charge in [-0.15, -0.1) is 0 Å². The Hall–Kier alpha value is -3.12. The number of nitrogens with zero attached hydrogens (tertiary/aromatic N) is 1. The molecule has 1 N–H and O–H groups in total. The summed E-state index contributed by atoms with van der Waals surface area (Å²) < 4.78 is 12.8. The van der Waals surface area contributed by atoms with E-state index in [4.69, 9.17) is 9.15 Å². The van der Waals surface area contributed by atoms with Crippen molar-refractivity contribution in [3.8, 4) is 17.2 Å². The largest absolute Gasteiger partial charge is 0.478 e. The first-order valence-corrected chi connectivity index (χ1v) is 11.3. The second-order valence-corrected chi connectivity index (χ2v) is 9.14. The predicted octanol–water partition coefficient (Wildman–Crippen LogP) is 6.92. The monoisotopic (exact) mass is 492 g/mol. The van der Waals surface area contributed by atoms with Crippen molar-refractivity contribution in [2.45, 2.75) is 39.7 Å². The number of fused-ring (bicyclic) bond motifs is 1. The molecular formula is C26H25BrN2O3. The maximum absolute atomic E-state index is 13.0. The summed E-state index contributed by atoms with van der Waals surface area (Å²) in [5, 5.41) is 3.00. The van der Waals surface area contributed by atoms with Gasteiger partial charge in [0.1, 0.15) is 11.3 Å². The Morgan fingerprint density at radius 1 is 1.09 bits per heavy atom. The predicted molar refractivity (Wildman–Crippen MR) is 131 cm³/mol. The van der Waals surface area contributed by atoms with Gasteiger partial charge in [-0.3, -0.25) is 4.79 Å². The second kappa shape index (κ2) is 8.79. The molecule has 3 aromatic carbocycles. The van der Waals surface area contributed by atoms with E-state index in [0.717, 1.165) is 33.1 Å². The standard InChI is InChI=1S/C26H25BrN2O3/c1-5-17-7-13-23-22(14-17)28-24(31-23)18-8-6-16(2)21(15-18)29-25(30)26(3,4)32-20-11-9-19(27)10-12-20/h6-15H,5H2,1-4H3,(H,29,30). The van der Waals surface area contributed by atoms with Crippen LogP contribution < -0.4 is 10.1 Å². The third-order valence-corrected chi connectivity index (χ3v) is 5.86. The number of aromatic nitrogens is 1. The summed E-state index contributed by atoms with van der Waals surface area (Å²) in [7, 11) is 0.